The molecule has 2 N–H and O–H groups in total. The molecule has 2 rings (SSSR count). The molecule has 0 aliphatic carbocycles. The summed E-state index contributed by atoms with van der Waals surface area (Å²) in [6.45, 7) is -0.00157. The van der Waals surface area contributed by atoms with Crippen LogP contribution in [0.1, 0.15) is 22.5 Å². The smallest absolute Gasteiger partial charge is 0.274 e. The molecule has 0 radical (unpaired) electrons. The molecule has 21 heavy (non-hydrogen) atoms. The number of nitrogens with zero attached hydrogens (tertiary/aromatic N) is 2. The highest BCUT2D eigenvalue weighted by molar-refractivity contribution is 6.02. The van der Waals surface area contributed by atoms with Crippen LogP contribution in [0.4, 0.5) is 10.1 Å². The van der Waals surface area contributed by atoms with Crippen molar-refractivity contribution in [3.63, 3.8) is 0 Å². The number of hydrogen-bond donors (Lipinski definition) is 2. The van der Waals surface area contributed by atoms with Crippen molar-refractivity contribution in [1.82, 2.24) is 9.97 Å². The summed E-state index contributed by atoms with van der Waals surface area (Å²) in [4.78, 5) is 19.5. The molecule has 5 nitrogen and oxygen atoms in total. The minimum absolute atomic E-state index is 0.00157. The molecule has 0 bridgehead atoms. The van der Waals surface area contributed by atoms with Crippen molar-refractivity contribution in [2.75, 3.05) is 11.9 Å². The van der Waals surface area contributed by atoms with E-state index < -0.39 is 11.7 Å². The third-order valence-corrected chi connectivity index (χ3v) is 2.49. The van der Waals surface area contributed by atoms with Crippen LogP contribution < -0.4 is 5.32 Å². The van der Waals surface area contributed by atoms with E-state index >= 15 is 0 Å². The minimum atomic E-state index is -0.614. The van der Waals surface area contributed by atoms with Crippen molar-refractivity contribution < 1.29 is 14.3 Å². The number of halogens is 1. The first-order valence-corrected chi connectivity index (χ1v) is 6.17. The molecule has 0 unspecified atom stereocenters. The highest BCUT2D eigenvalue weighted by Crippen LogP contribution is 2.12. The molecule has 0 aromatic carbocycles. The average Bonchev–Trinajstić information content (AvgIpc) is 2.50. The quantitative estimate of drug-likeness (QED) is 0.840. The van der Waals surface area contributed by atoms with E-state index in [0.717, 1.165) is 6.20 Å². The van der Waals surface area contributed by atoms with E-state index in [1.807, 2.05) is 0 Å². The Morgan fingerprint density at radius 3 is 2.86 bits per heavy atom. The lowest BCUT2D eigenvalue weighted by molar-refractivity contribution is 0.102. The van der Waals surface area contributed by atoms with E-state index in [2.05, 4.69) is 27.1 Å². The van der Waals surface area contributed by atoms with E-state index in [4.69, 9.17) is 5.11 Å². The maximum absolute atomic E-state index is 13.4. The van der Waals surface area contributed by atoms with Gasteiger partial charge in [-0.1, -0.05) is 11.8 Å². The summed E-state index contributed by atoms with van der Waals surface area (Å²) in [6, 6.07) is 4.49. The summed E-state index contributed by atoms with van der Waals surface area (Å²) in [7, 11) is 0. The number of aromatic nitrogens is 2. The summed E-state index contributed by atoms with van der Waals surface area (Å²) < 4.78 is 13.4. The fourth-order valence-corrected chi connectivity index (χ4v) is 1.49. The number of carbonyl (C=O) groups is 1. The van der Waals surface area contributed by atoms with E-state index in [0.29, 0.717) is 12.0 Å². The standard InChI is InChI=1S/C15H12FN3O2/c16-12-10-17-7-6-13(12)19-15(21)14-5-4-11(9-18-14)3-1-2-8-20/h4-7,9-10,20H,2,8H2,(H,17,19,21). The second-order valence-electron chi connectivity index (χ2n) is 4.02. The molecule has 0 fully saturated rings. The van der Waals surface area contributed by atoms with Crippen LogP contribution >= 0.6 is 0 Å². The molecule has 0 aliphatic heterocycles. The van der Waals surface area contributed by atoms with Crippen molar-refractivity contribution in [3.8, 4) is 11.8 Å². The van der Waals surface area contributed by atoms with E-state index in [-0.39, 0.29) is 18.0 Å². The Hall–Kier alpha value is -2.78. The van der Waals surface area contributed by atoms with Gasteiger partial charge < -0.3 is 10.4 Å². The van der Waals surface area contributed by atoms with Crippen molar-refractivity contribution >= 4 is 11.6 Å². The molecule has 0 saturated carbocycles. The van der Waals surface area contributed by atoms with Gasteiger partial charge in [0.25, 0.3) is 5.91 Å². The van der Waals surface area contributed by atoms with Gasteiger partial charge in [0, 0.05) is 24.4 Å². The van der Waals surface area contributed by atoms with Gasteiger partial charge in [0.15, 0.2) is 5.82 Å². The molecule has 0 atom stereocenters. The predicted molar refractivity (Wildman–Crippen MR) is 75.0 cm³/mol. The fraction of sp³-hybridized carbons (Fsp3) is 0.133. The summed E-state index contributed by atoms with van der Waals surface area (Å²) in [5, 5.41) is 11.0. The van der Waals surface area contributed by atoms with Gasteiger partial charge in [0.05, 0.1) is 18.5 Å². The van der Waals surface area contributed by atoms with Gasteiger partial charge in [0.2, 0.25) is 0 Å². The van der Waals surface area contributed by atoms with Crippen LogP contribution in [0.25, 0.3) is 0 Å². The molecule has 0 spiro atoms. The number of aliphatic hydroxyl groups is 1. The molecule has 106 valence electrons. The Balaban J connectivity index is 2.07. The number of carbonyl (C=O) groups excluding carboxylic acids is 1. The van der Waals surface area contributed by atoms with Gasteiger partial charge in [0.1, 0.15) is 5.69 Å². The molecule has 1 amide bonds. The SMILES string of the molecule is O=C(Nc1ccncc1F)c1ccc(C#CCCO)cn1. The van der Waals surface area contributed by atoms with E-state index in [1.165, 1.54) is 24.5 Å². The molecule has 0 aliphatic rings. The Morgan fingerprint density at radius 2 is 2.19 bits per heavy atom. The van der Waals surface area contributed by atoms with Crippen molar-refractivity contribution in [2.24, 2.45) is 0 Å². The third-order valence-electron chi connectivity index (χ3n) is 2.49. The first-order chi connectivity index (χ1) is 10.2. The van der Waals surface area contributed by atoms with Gasteiger partial charge in [-0.15, -0.1) is 0 Å². The average molecular weight is 285 g/mol. The van der Waals surface area contributed by atoms with Gasteiger partial charge in [-0.3, -0.25) is 9.78 Å². The van der Waals surface area contributed by atoms with Crippen molar-refractivity contribution in [2.45, 2.75) is 6.42 Å². The van der Waals surface area contributed by atoms with Crippen LogP contribution in [0.3, 0.4) is 0 Å². The predicted octanol–water partition coefficient (Wildman–Crippen LogP) is 1.60. The van der Waals surface area contributed by atoms with Crippen LogP contribution in [0.2, 0.25) is 0 Å². The first kappa shape index (κ1) is 14.6. The summed E-state index contributed by atoms with van der Waals surface area (Å²) in [5.74, 6) is 4.42. The largest absolute Gasteiger partial charge is 0.395 e. The summed E-state index contributed by atoms with van der Waals surface area (Å²) in [6.07, 6.45) is 4.22. The number of hydrogen-bond acceptors (Lipinski definition) is 4. The Kier molecular flexibility index (Phi) is 4.96. The Morgan fingerprint density at radius 1 is 1.33 bits per heavy atom. The lowest BCUT2D eigenvalue weighted by Gasteiger charge is -2.05. The monoisotopic (exact) mass is 285 g/mol. The minimum Gasteiger partial charge on any atom is -0.395 e. The fourth-order valence-electron chi connectivity index (χ4n) is 1.49. The van der Waals surface area contributed by atoms with Crippen LogP contribution in [-0.4, -0.2) is 27.6 Å². The van der Waals surface area contributed by atoms with E-state index in [9.17, 15) is 9.18 Å². The number of pyridine rings is 2. The van der Waals surface area contributed by atoms with Gasteiger partial charge in [-0.25, -0.2) is 9.37 Å². The Labute approximate surface area is 120 Å². The van der Waals surface area contributed by atoms with Gasteiger partial charge in [-0.05, 0) is 18.2 Å². The zero-order valence-electron chi connectivity index (χ0n) is 11.0. The van der Waals surface area contributed by atoms with Crippen LogP contribution in [-0.2, 0) is 0 Å². The zero-order valence-corrected chi connectivity index (χ0v) is 11.0. The van der Waals surface area contributed by atoms with Crippen LogP contribution in [0.15, 0.2) is 36.8 Å². The second-order valence-corrected chi connectivity index (χ2v) is 4.02. The van der Waals surface area contributed by atoms with Gasteiger partial charge in [-0.2, -0.15) is 0 Å². The molecule has 2 aromatic heterocycles. The molecule has 0 saturated heterocycles. The topological polar surface area (TPSA) is 75.1 Å². The van der Waals surface area contributed by atoms with Crippen molar-refractivity contribution in [1.29, 1.82) is 0 Å². The molecule has 6 heteroatoms. The maximum atomic E-state index is 13.4. The van der Waals surface area contributed by atoms with Crippen LogP contribution in [0.5, 0.6) is 0 Å². The number of rotatable bonds is 3. The molecular weight excluding hydrogens is 273 g/mol. The summed E-state index contributed by atoms with van der Waals surface area (Å²) in [5.41, 5.74) is 0.831. The first-order valence-electron chi connectivity index (χ1n) is 6.17. The third kappa shape index (κ3) is 4.09. The highest BCUT2D eigenvalue weighted by atomic mass is 19.1. The molecular formula is C15H12FN3O2. The summed E-state index contributed by atoms with van der Waals surface area (Å²) >= 11 is 0. The number of amides is 1. The number of aliphatic hydroxyl groups excluding tert-OH is 1. The number of nitrogens with one attached hydrogen (secondary N) is 1. The molecule has 2 heterocycles. The normalized spacial score (nSPS) is 9.62. The second kappa shape index (κ2) is 7.12. The zero-order chi connectivity index (χ0) is 15.1. The molecule has 2 aromatic rings. The lowest BCUT2D eigenvalue weighted by Crippen LogP contribution is -2.14. The highest BCUT2D eigenvalue weighted by Gasteiger charge is 2.10. The van der Waals surface area contributed by atoms with Gasteiger partial charge >= 0.3 is 0 Å². The maximum Gasteiger partial charge on any atom is 0.274 e. The van der Waals surface area contributed by atoms with E-state index in [1.54, 1.807) is 6.07 Å². The Bertz CT molecular complexity index is 690. The van der Waals surface area contributed by atoms with Crippen molar-refractivity contribution in [3.05, 3.63) is 53.9 Å². The lowest BCUT2D eigenvalue weighted by atomic mass is 10.2. The number of anilines is 1. The van der Waals surface area contributed by atoms with Crippen LogP contribution in [0, 0.1) is 17.7 Å².